The summed E-state index contributed by atoms with van der Waals surface area (Å²) in [7, 11) is 1.78. The molecule has 2 rings (SSSR count). The summed E-state index contributed by atoms with van der Waals surface area (Å²) in [6, 6.07) is 11.6. The number of carbonyl (C=O) groups is 1. The van der Waals surface area contributed by atoms with Crippen molar-refractivity contribution in [3.8, 4) is 0 Å². The molecular weight excluding hydrogens is 267 g/mol. The lowest BCUT2D eigenvalue weighted by Gasteiger charge is -2.16. The molecule has 0 aromatic heterocycles. The van der Waals surface area contributed by atoms with Crippen LogP contribution in [0.4, 0.5) is 10.1 Å². The van der Waals surface area contributed by atoms with Crippen LogP contribution in [0.25, 0.3) is 0 Å². The highest BCUT2D eigenvalue weighted by atomic mass is 19.1. The van der Waals surface area contributed by atoms with Crippen molar-refractivity contribution in [1.29, 1.82) is 0 Å². The number of benzene rings is 2. The van der Waals surface area contributed by atoms with Crippen molar-refractivity contribution in [3.05, 3.63) is 65.0 Å². The number of aryl methyl sites for hydroxylation is 1. The van der Waals surface area contributed by atoms with Gasteiger partial charge in [0.15, 0.2) is 0 Å². The topological polar surface area (TPSA) is 41.1 Å². The largest absolute Gasteiger partial charge is 0.387 e. The van der Waals surface area contributed by atoms with Crippen molar-refractivity contribution < 1.29 is 9.18 Å². The number of nitrogens with one attached hydrogen (secondary N) is 2. The highest BCUT2D eigenvalue weighted by molar-refractivity contribution is 5.99. The molecule has 3 nitrogen and oxygen atoms in total. The SMILES string of the molecule is CNc1cc(C)ccc1C(=O)NC(C)c1cccc(F)c1. The number of anilines is 1. The smallest absolute Gasteiger partial charge is 0.253 e. The van der Waals surface area contributed by atoms with E-state index in [0.29, 0.717) is 5.56 Å². The predicted octanol–water partition coefficient (Wildman–Crippen LogP) is 3.67. The van der Waals surface area contributed by atoms with Crippen molar-refractivity contribution in [3.63, 3.8) is 0 Å². The minimum absolute atomic E-state index is 0.184. The number of hydrogen-bond acceptors (Lipinski definition) is 2. The molecule has 0 bridgehead atoms. The highest BCUT2D eigenvalue weighted by Gasteiger charge is 2.14. The summed E-state index contributed by atoms with van der Waals surface area (Å²) in [5.74, 6) is -0.490. The Kier molecular flexibility index (Phi) is 4.58. The van der Waals surface area contributed by atoms with Gasteiger partial charge < -0.3 is 10.6 Å². The summed E-state index contributed by atoms with van der Waals surface area (Å²) in [5.41, 5.74) is 3.17. The average Bonchev–Trinajstić information content (AvgIpc) is 2.46. The summed E-state index contributed by atoms with van der Waals surface area (Å²) < 4.78 is 13.2. The van der Waals surface area contributed by atoms with Crippen LogP contribution in [0, 0.1) is 12.7 Å². The number of halogens is 1. The van der Waals surface area contributed by atoms with Gasteiger partial charge in [-0.2, -0.15) is 0 Å². The molecule has 0 spiro atoms. The number of amides is 1. The van der Waals surface area contributed by atoms with Crippen LogP contribution in [0.15, 0.2) is 42.5 Å². The van der Waals surface area contributed by atoms with E-state index < -0.39 is 0 Å². The van der Waals surface area contributed by atoms with Gasteiger partial charge in [-0.25, -0.2) is 4.39 Å². The Labute approximate surface area is 124 Å². The zero-order valence-electron chi connectivity index (χ0n) is 12.4. The van der Waals surface area contributed by atoms with E-state index in [0.717, 1.165) is 16.8 Å². The van der Waals surface area contributed by atoms with Crippen molar-refractivity contribution in [2.75, 3.05) is 12.4 Å². The molecule has 0 saturated heterocycles. The first kappa shape index (κ1) is 15.0. The van der Waals surface area contributed by atoms with E-state index >= 15 is 0 Å². The van der Waals surface area contributed by atoms with Gasteiger partial charge in [-0.05, 0) is 49.2 Å². The van der Waals surface area contributed by atoms with Crippen LogP contribution in [0.2, 0.25) is 0 Å². The highest BCUT2D eigenvalue weighted by Crippen LogP contribution is 2.19. The van der Waals surface area contributed by atoms with Gasteiger partial charge in [0.2, 0.25) is 0 Å². The maximum atomic E-state index is 13.2. The summed E-state index contributed by atoms with van der Waals surface area (Å²) in [6.07, 6.45) is 0. The molecule has 2 N–H and O–H groups in total. The lowest BCUT2D eigenvalue weighted by molar-refractivity contribution is 0.0940. The van der Waals surface area contributed by atoms with E-state index in [4.69, 9.17) is 0 Å². The van der Waals surface area contributed by atoms with Gasteiger partial charge >= 0.3 is 0 Å². The third-order valence-electron chi connectivity index (χ3n) is 3.39. The Morgan fingerprint density at radius 2 is 1.95 bits per heavy atom. The number of hydrogen-bond donors (Lipinski definition) is 2. The molecule has 4 heteroatoms. The third kappa shape index (κ3) is 3.60. The maximum absolute atomic E-state index is 13.2. The van der Waals surface area contributed by atoms with Crippen LogP contribution in [0.3, 0.4) is 0 Å². The lowest BCUT2D eigenvalue weighted by atomic mass is 10.1. The Morgan fingerprint density at radius 1 is 1.19 bits per heavy atom. The molecule has 110 valence electrons. The van der Waals surface area contributed by atoms with Crippen molar-refractivity contribution >= 4 is 11.6 Å². The normalized spacial score (nSPS) is 11.8. The predicted molar refractivity (Wildman–Crippen MR) is 83.0 cm³/mol. The van der Waals surface area contributed by atoms with Crippen molar-refractivity contribution in [1.82, 2.24) is 5.32 Å². The van der Waals surface area contributed by atoms with Gasteiger partial charge in [0.05, 0.1) is 11.6 Å². The van der Waals surface area contributed by atoms with E-state index in [-0.39, 0.29) is 17.8 Å². The third-order valence-corrected chi connectivity index (χ3v) is 3.39. The van der Waals surface area contributed by atoms with Crippen LogP contribution in [-0.4, -0.2) is 13.0 Å². The first-order valence-electron chi connectivity index (χ1n) is 6.86. The summed E-state index contributed by atoms with van der Waals surface area (Å²) in [5, 5.41) is 5.91. The van der Waals surface area contributed by atoms with E-state index in [1.165, 1.54) is 12.1 Å². The molecule has 0 radical (unpaired) electrons. The molecular formula is C17H19FN2O. The van der Waals surface area contributed by atoms with Crippen LogP contribution < -0.4 is 10.6 Å². The number of rotatable bonds is 4. The van der Waals surface area contributed by atoms with E-state index in [1.54, 1.807) is 25.2 Å². The molecule has 0 fully saturated rings. The molecule has 0 saturated carbocycles. The molecule has 0 heterocycles. The van der Waals surface area contributed by atoms with E-state index in [1.807, 2.05) is 26.0 Å². The number of carbonyl (C=O) groups excluding carboxylic acids is 1. The Balaban J connectivity index is 2.18. The maximum Gasteiger partial charge on any atom is 0.253 e. The summed E-state index contributed by atoms with van der Waals surface area (Å²) in [4.78, 5) is 12.4. The standard InChI is InChI=1S/C17H19FN2O/c1-11-7-8-15(16(9-11)19-3)17(21)20-12(2)13-5-4-6-14(18)10-13/h4-10,12,19H,1-3H3,(H,20,21). The van der Waals surface area contributed by atoms with Crippen LogP contribution in [0.5, 0.6) is 0 Å². The molecule has 2 aromatic carbocycles. The van der Waals surface area contributed by atoms with E-state index in [9.17, 15) is 9.18 Å². The molecule has 0 aliphatic heterocycles. The van der Waals surface area contributed by atoms with E-state index in [2.05, 4.69) is 10.6 Å². The fraction of sp³-hybridized carbons (Fsp3) is 0.235. The minimum Gasteiger partial charge on any atom is -0.387 e. The lowest BCUT2D eigenvalue weighted by Crippen LogP contribution is -2.27. The fourth-order valence-electron chi connectivity index (χ4n) is 2.20. The first-order valence-corrected chi connectivity index (χ1v) is 6.86. The minimum atomic E-state index is -0.306. The van der Waals surface area contributed by atoms with Gasteiger partial charge in [0, 0.05) is 12.7 Å². The summed E-state index contributed by atoms with van der Waals surface area (Å²) >= 11 is 0. The Hall–Kier alpha value is -2.36. The molecule has 0 aliphatic rings. The molecule has 1 amide bonds. The Bertz CT molecular complexity index is 655. The molecule has 2 aromatic rings. The molecule has 1 unspecified atom stereocenters. The second-order valence-electron chi connectivity index (χ2n) is 5.05. The quantitative estimate of drug-likeness (QED) is 0.900. The molecule has 21 heavy (non-hydrogen) atoms. The van der Waals surface area contributed by atoms with Crippen LogP contribution in [-0.2, 0) is 0 Å². The Morgan fingerprint density at radius 3 is 2.62 bits per heavy atom. The van der Waals surface area contributed by atoms with Gasteiger partial charge in [-0.3, -0.25) is 4.79 Å². The van der Waals surface area contributed by atoms with Gasteiger partial charge in [0.1, 0.15) is 5.82 Å². The fourth-order valence-corrected chi connectivity index (χ4v) is 2.20. The molecule has 1 atom stereocenters. The first-order chi connectivity index (χ1) is 10.0. The van der Waals surface area contributed by atoms with Crippen molar-refractivity contribution in [2.24, 2.45) is 0 Å². The second-order valence-corrected chi connectivity index (χ2v) is 5.05. The van der Waals surface area contributed by atoms with Crippen molar-refractivity contribution in [2.45, 2.75) is 19.9 Å². The second kappa shape index (κ2) is 6.39. The zero-order chi connectivity index (χ0) is 15.4. The van der Waals surface area contributed by atoms with Gasteiger partial charge in [0.25, 0.3) is 5.91 Å². The van der Waals surface area contributed by atoms with Crippen LogP contribution in [0.1, 0.15) is 34.5 Å². The average molecular weight is 286 g/mol. The summed E-state index contributed by atoms with van der Waals surface area (Å²) in [6.45, 7) is 3.80. The van der Waals surface area contributed by atoms with Gasteiger partial charge in [-0.15, -0.1) is 0 Å². The monoisotopic (exact) mass is 286 g/mol. The van der Waals surface area contributed by atoms with Gasteiger partial charge in [-0.1, -0.05) is 18.2 Å². The molecule has 0 aliphatic carbocycles. The zero-order valence-corrected chi connectivity index (χ0v) is 12.4. The van der Waals surface area contributed by atoms with Crippen LogP contribution >= 0.6 is 0 Å².